The van der Waals surface area contributed by atoms with Crippen molar-refractivity contribution in [3.63, 3.8) is 0 Å². The molecule has 170 valence electrons. The van der Waals surface area contributed by atoms with Gasteiger partial charge in [-0.05, 0) is 54.5 Å². The van der Waals surface area contributed by atoms with Gasteiger partial charge in [0.2, 0.25) is 0 Å². The number of fused-ring (bicyclic) bond motifs is 2. The molecule has 6 rings (SSSR count). The minimum absolute atomic E-state index is 0.0997. The van der Waals surface area contributed by atoms with Gasteiger partial charge in [-0.25, -0.2) is 9.97 Å². The normalized spacial score (nSPS) is 18.6. The van der Waals surface area contributed by atoms with Gasteiger partial charge in [0.15, 0.2) is 5.65 Å². The van der Waals surface area contributed by atoms with E-state index in [1.54, 1.807) is 6.20 Å². The summed E-state index contributed by atoms with van der Waals surface area (Å²) >= 11 is 0. The summed E-state index contributed by atoms with van der Waals surface area (Å²) in [5, 5.41) is 0.827. The first-order valence-electron chi connectivity index (χ1n) is 12.5. The van der Waals surface area contributed by atoms with E-state index in [1.807, 2.05) is 48.5 Å². The van der Waals surface area contributed by atoms with E-state index in [2.05, 4.69) is 34.1 Å². The Bertz CT molecular complexity index is 1330. The first kappa shape index (κ1) is 21.0. The van der Waals surface area contributed by atoms with Crippen molar-refractivity contribution in [1.82, 2.24) is 14.9 Å². The highest BCUT2D eigenvalue weighted by molar-refractivity contribution is 6.06. The van der Waals surface area contributed by atoms with Crippen LogP contribution in [0.3, 0.4) is 0 Å². The maximum atomic E-state index is 14.3. The molecule has 4 nitrogen and oxygen atoms in total. The summed E-state index contributed by atoms with van der Waals surface area (Å²) in [5.74, 6) is 0.613. The highest BCUT2D eigenvalue weighted by Crippen LogP contribution is 2.43. The first-order valence-corrected chi connectivity index (χ1v) is 12.5. The summed E-state index contributed by atoms with van der Waals surface area (Å²) < 4.78 is 0. The number of carbonyl (C=O) groups is 1. The molecule has 4 heteroatoms. The molecule has 1 atom stereocenters. The predicted octanol–water partition coefficient (Wildman–Crippen LogP) is 6.62. The third-order valence-electron chi connectivity index (χ3n) is 7.57. The second-order valence-corrected chi connectivity index (χ2v) is 9.59. The van der Waals surface area contributed by atoms with Crippen molar-refractivity contribution in [3.8, 4) is 11.3 Å². The van der Waals surface area contributed by atoms with E-state index in [0.717, 1.165) is 29.6 Å². The Hall–Kier alpha value is -3.53. The van der Waals surface area contributed by atoms with E-state index in [9.17, 15) is 4.79 Å². The number of hydrogen-bond acceptors (Lipinski definition) is 3. The zero-order valence-corrected chi connectivity index (χ0v) is 19.4. The summed E-state index contributed by atoms with van der Waals surface area (Å²) in [5.41, 5.74) is 5.86. The van der Waals surface area contributed by atoms with Crippen molar-refractivity contribution in [2.45, 2.75) is 44.6 Å². The largest absolute Gasteiger partial charge is 0.331 e. The summed E-state index contributed by atoms with van der Waals surface area (Å²) in [6.45, 7) is 0.752. The van der Waals surface area contributed by atoms with E-state index in [-0.39, 0.29) is 11.9 Å². The lowest BCUT2D eigenvalue weighted by molar-refractivity contribution is 0.0542. The average molecular weight is 448 g/mol. The van der Waals surface area contributed by atoms with Crippen LogP contribution in [0.2, 0.25) is 0 Å². The van der Waals surface area contributed by atoms with Crippen LogP contribution in [-0.4, -0.2) is 27.3 Å². The van der Waals surface area contributed by atoms with Crippen molar-refractivity contribution >= 4 is 16.9 Å². The molecule has 0 radical (unpaired) electrons. The van der Waals surface area contributed by atoms with Crippen LogP contribution in [0.5, 0.6) is 0 Å². The van der Waals surface area contributed by atoms with Crippen molar-refractivity contribution in [3.05, 3.63) is 95.7 Å². The molecule has 1 saturated carbocycles. The molecule has 1 aliphatic heterocycles. The predicted molar refractivity (Wildman–Crippen MR) is 135 cm³/mol. The summed E-state index contributed by atoms with van der Waals surface area (Å²) in [6, 6.07) is 24.8. The van der Waals surface area contributed by atoms with Gasteiger partial charge < -0.3 is 4.90 Å². The fourth-order valence-electron chi connectivity index (χ4n) is 5.93. The SMILES string of the molecule is O=C(c1cc(-c2ccccc2)nc2ncccc12)N1CCc2ccccc2C1C1CCCCC1. The minimum Gasteiger partial charge on any atom is -0.331 e. The van der Waals surface area contributed by atoms with Gasteiger partial charge in [-0.2, -0.15) is 0 Å². The molecule has 0 N–H and O–H groups in total. The second-order valence-electron chi connectivity index (χ2n) is 9.59. The fraction of sp³-hybridized carbons (Fsp3) is 0.300. The quantitative estimate of drug-likeness (QED) is 0.355. The number of nitrogens with zero attached hydrogens (tertiary/aromatic N) is 3. The Labute approximate surface area is 200 Å². The van der Waals surface area contributed by atoms with Gasteiger partial charge in [0.05, 0.1) is 17.3 Å². The molecule has 2 aromatic heterocycles. The van der Waals surface area contributed by atoms with Crippen LogP contribution < -0.4 is 0 Å². The van der Waals surface area contributed by atoms with Gasteiger partial charge >= 0.3 is 0 Å². The maximum absolute atomic E-state index is 14.3. The van der Waals surface area contributed by atoms with Crippen LogP contribution in [0.15, 0.2) is 79.0 Å². The zero-order chi connectivity index (χ0) is 22.9. The van der Waals surface area contributed by atoms with Crippen LogP contribution in [0.4, 0.5) is 0 Å². The number of carbonyl (C=O) groups excluding carboxylic acids is 1. The number of pyridine rings is 2. The van der Waals surface area contributed by atoms with E-state index < -0.39 is 0 Å². The lowest BCUT2D eigenvalue weighted by atomic mass is 9.77. The lowest BCUT2D eigenvalue weighted by Gasteiger charge is -2.43. The van der Waals surface area contributed by atoms with Crippen molar-refractivity contribution in [2.75, 3.05) is 6.54 Å². The molecular weight excluding hydrogens is 418 g/mol. The van der Waals surface area contributed by atoms with Gasteiger partial charge in [0, 0.05) is 23.7 Å². The molecule has 0 saturated heterocycles. The van der Waals surface area contributed by atoms with Gasteiger partial charge in [-0.15, -0.1) is 0 Å². The first-order chi connectivity index (χ1) is 16.8. The molecule has 1 unspecified atom stereocenters. The molecule has 2 aliphatic rings. The van der Waals surface area contributed by atoms with E-state index in [1.165, 1.54) is 43.2 Å². The topological polar surface area (TPSA) is 46.1 Å². The van der Waals surface area contributed by atoms with Crippen molar-refractivity contribution in [1.29, 1.82) is 0 Å². The second kappa shape index (κ2) is 9.02. The van der Waals surface area contributed by atoms with E-state index in [4.69, 9.17) is 4.98 Å². The van der Waals surface area contributed by atoms with Gasteiger partial charge in [0.1, 0.15) is 0 Å². The fourth-order valence-corrected chi connectivity index (χ4v) is 5.93. The molecule has 0 bridgehead atoms. The molecule has 3 heterocycles. The third kappa shape index (κ3) is 3.77. The van der Waals surface area contributed by atoms with Gasteiger partial charge in [-0.3, -0.25) is 4.79 Å². The van der Waals surface area contributed by atoms with Gasteiger partial charge in [-0.1, -0.05) is 73.9 Å². The zero-order valence-electron chi connectivity index (χ0n) is 19.4. The molecule has 4 aromatic rings. The van der Waals surface area contributed by atoms with E-state index >= 15 is 0 Å². The van der Waals surface area contributed by atoms with Crippen molar-refractivity contribution < 1.29 is 4.79 Å². The van der Waals surface area contributed by atoms with Crippen LogP contribution >= 0.6 is 0 Å². The average Bonchev–Trinajstić information content (AvgIpc) is 2.92. The highest BCUT2D eigenvalue weighted by Gasteiger charge is 2.37. The Morgan fingerprint density at radius 3 is 2.53 bits per heavy atom. The molecule has 0 spiro atoms. The summed E-state index contributed by atoms with van der Waals surface area (Å²) in [7, 11) is 0. The number of rotatable bonds is 3. The number of aromatic nitrogens is 2. The van der Waals surface area contributed by atoms with Crippen molar-refractivity contribution in [2.24, 2.45) is 5.92 Å². The summed E-state index contributed by atoms with van der Waals surface area (Å²) in [4.78, 5) is 25.8. The van der Waals surface area contributed by atoms with Crippen LogP contribution in [0.1, 0.15) is 59.6 Å². The third-order valence-corrected chi connectivity index (χ3v) is 7.57. The molecule has 1 amide bonds. The highest BCUT2D eigenvalue weighted by atomic mass is 16.2. The van der Waals surface area contributed by atoms with Gasteiger partial charge in [0.25, 0.3) is 5.91 Å². The van der Waals surface area contributed by atoms with E-state index in [0.29, 0.717) is 17.1 Å². The maximum Gasteiger partial charge on any atom is 0.255 e. The summed E-state index contributed by atoms with van der Waals surface area (Å²) in [6.07, 6.45) is 8.85. The number of hydrogen-bond donors (Lipinski definition) is 0. The number of amides is 1. The molecule has 1 fully saturated rings. The van der Waals surface area contributed by atoms with Crippen LogP contribution in [0, 0.1) is 5.92 Å². The monoisotopic (exact) mass is 447 g/mol. The minimum atomic E-state index is 0.0997. The Morgan fingerprint density at radius 1 is 0.882 bits per heavy atom. The smallest absolute Gasteiger partial charge is 0.255 e. The lowest BCUT2D eigenvalue weighted by Crippen LogP contribution is -2.43. The molecule has 1 aliphatic carbocycles. The standard InChI is InChI=1S/C30H29N3O/c34-30(26-20-27(22-11-3-1-4-12-22)32-29-25(26)16-9-18-31-29)33-19-17-21-10-7-8-15-24(21)28(33)23-13-5-2-6-14-23/h1,3-4,7-12,15-16,18,20,23,28H,2,5-6,13-14,17,19H2. The van der Waals surface area contributed by atoms with Crippen LogP contribution in [-0.2, 0) is 6.42 Å². The Morgan fingerprint density at radius 2 is 1.68 bits per heavy atom. The number of benzene rings is 2. The Balaban J connectivity index is 1.47. The molecular formula is C30H29N3O. The van der Waals surface area contributed by atoms with Crippen LogP contribution in [0.25, 0.3) is 22.3 Å². The Kier molecular flexibility index (Phi) is 5.58. The molecule has 34 heavy (non-hydrogen) atoms. The molecule has 2 aromatic carbocycles.